The molecule has 1 saturated heterocycles. The Hall–Kier alpha value is -0.870. The number of carbonyl (C=O) groups excluding carboxylic acids is 1. The van der Waals surface area contributed by atoms with E-state index < -0.39 is 0 Å². The highest BCUT2D eigenvalue weighted by Gasteiger charge is 2.30. The van der Waals surface area contributed by atoms with Gasteiger partial charge in [-0.05, 0) is 37.6 Å². The van der Waals surface area contributed by atoms with Crippen LogP contribution in [0.15, 0.2) is 28.7 Å². The summed E-state index contributed by atoms with van der Waals surface area (Å²) in [6.45, 7) is 1.92. The summed E-state index contributed by atoms with van der Waals surface area (Å²) in [5.74, 6) is -0.177. The molecule has 0 amide bonds. The molecule has 1 aliphatic rings. The summed E-state index contributed by atoms with van der Waals surface area (Å²) in [6, 6.07) is 7.58. The molecular formula is C14H18BrNO2. The lowest BCUT2D eigenvalue weighted by molar-refractivity contribution is -0.147. The van der Waals surface area contributed by atoms with Gasteiger partial charge >= 0.3 is 5.97 Å². The van der Waals surface area contributed by atoms with E-state index >= 15 is 0 Å². The highest BCUT2D eigenvalue weighted by Crippen LogP contribution is 2.30. The molecule has 1 heterocycles. The fourth-order valence-corrected chi connectivity index (χ4v) is 2.96. The second-order valence-electron chi connectivity index (χ2n) is 4.54. The first kappa shape index (κ1) is 13.6. The molecule has 98 valence electrons. The topological polar surface area (TPSA) is 29.5 Å². The van der Waals surface area contributed by atoms with Gasteiger partial charge in [0.1, 0.15) is 6.04 Å². The Bertz CT molecular complexity index is 416. The van der Waals surface area contributed by atoms with Crippen molar-refractivity contribution in [1.82, 2.24) is 4.90 Å². The quantitative estimate of drug-likeness (QED) is 0.803. The molecule has 0 spiro atoms. The summed E-state index contributed by atoms with van der Waals surface area (Å²) in [6.07, 6.45) is 3.55. The fourth-order valence-electron chi connectivity index (χ4n) is 2.46. The molecule has 0 bridgehead atoms. The van der Waals surface area contributed by atoms with E-state index in [0.717, 1.165) is 36.0 Å². The average Bonchev–Trinajstić information content (AvgIpc) is 2.42. The van der Waals surface area contributed by atoms with Crippen LogP contribution in [-0.2, 0) is 9.53 Å². The van der Waals surface area contributed by atoms with Gasteiger partial charge in [0.2, 0.25) is 0 Å². The summed E-state index contributed by atoms with van der Waals surface area (Å²) in [7, 11) is 1.45. The number of piperidine rings is 1. The van der Waals surface area contributed by atoms with Crippen LogP contribution in [0.5, 0.6) is 0 Å². The SMILES string of the molecule is COC(=O)C(c1ccccc1Br)N1CCCCC1. The van der Waals surface area contributed by atoms with Crippen molar-refractivity contribution in [3.05, 3.63) is 34.3 Å². The minimum Gasteiger partial charge on any atom is -0.468 e. The van der Waals surface area contributed by atoms with Gasteiger partial charge in [0, 0.05) is 4.47 Å². The normalized spacial score (nSPS) is 18.3. The van der Waals surface area contributed by atoms with E-state index in [9.17, 15) is 4.79 Å². The number of likely N-dealkylation sites (tertiary alicyclic amines) is 1. The first-order valence-corrected chi connectivity index (χ1v) is 7.09. The number of methoxy groups -OCH3 is 1. The van der Waals surface area contributed by atoms with Crippen LogP contribution in [0.2, 0.25) is 0 Å². The van der Waals surface area contributed by atoms with E-state index in [2.05, 4.69) is 20.8 Å². The monoisotopic (exact) mass is 311 g/mol. The predicted octanol–water partition coefficient (Wildman–Crippen LogP) is 3.15. The molecule has 1 unspecified atom stereocenters. The molecule has 2 rings (SSSR count). The summed E-state index contributed by atoms with van der Waals surface area (Å²) < 4.78 is 5.94. The Morgan fingerprint density at radius 2 is 1.94 bits per heavy atom. The molecule has 0 radical (unpaired) electrons. The van der Waals surface area contributed by atoms with Crippen molar-refractivity contribution >= 4 is 21.9 Å². The molecule has 0 saturated carbocycles. The number of benzene rings is 1. The maximum atomic E-state index is 12.1. The summed E-state index contributed by atoms with van der Waals surface area (Å²) in [4.78, 5) is 14.3. The van der Waals surface area contributed by atoms with E-state index in [1.165, 1.54) is 13.5 Å². The molecule has 1 fully saturated rings. The van der Waals surface area contributed by atoms with Gasteiger partial charge in [0.25, 0.3) is 0 Å². The Morgan fingerprint density at radius 3 is 2.56 bits per heavy atom. The van der Waals surface area contributed by atoms with Crippen molar-refractivity contribution < 1.29 is 9.53 Å². The van der Waals surface area contributed by atoms with Gasteiger partial charge in [-0.15, -0.1) is 0 Å². The third-order valence-electron chi connectivity index (χ3n) is 3.38. The van der Waals surface area contributed by atoms with Crippen LogP contribution >= 0.6 is 15.9 Å². The summed E-state index contributed by atoms with van der Waals surface area (Å²) >= 11 is 3.53. The number of carbonyl (C=O) groups is 1. The largest absolute Gasteiger partial charge is 0.468 e. The molecule has 18 heavy (non-hydrogen) atoms. The van der Waals surface area contributed by atoms with Crippen molar-refractivity contribution in [2.45, 2.75) is 25.3 Å². The smallest absolute Gasteiger partial charge is 0.327 e. The van der Waals surface area contributed by atoms with Gasteiger partial charge < -0.3 is 4.74 Å². The lowest BCUT2D eigenvalue weighted by Gasteiger charge is -2.33. The summed E-state index contributed by atoms with van der Waals surface area (Å²) in [5, 5.41) is 0. The van der Waals surface area contributed by atoms with Gasteiger partial charge in [-0.2, -0.15) is 0 Å². The van der Waals surface area contributed by atoms with E-state index in [-0.39, 0.29) is 12.0 Å². The molecule has 4 heteroatoms. The Kier molecular flexibility index (Phi) is 4.78. The number of ether oxygens (including phenoxy) is 1. The van der Waals surface area contributed by atoms with Crippen LogP contribution < -0.4 is 0 Å². The van der Waals surface area contributed by atoms with Crippen LogP contribution in [0.3, 0.4) is 0 Å². The average molecular weight is 312 g/mol. The second kappa shape index (κ2) is 6.34. The predicted molar refractivity (Wildman–Crippen MR) is 74.3 cm³/mol. The Balaban J connectivity index is 2.30. The molecule has 1 aliphatic heterocycles. The van der Waals surface area contributed by atoms with Crippen molar-refractivity contribution in [1.29, 1.82) is 0 Å². The molecular weight excluding hydrogens is 294 g/mol. The molecule has 0 aliphatic carbocycles. The number of nitrogens with zero attached hydrogens (tertiary/aromatic N) is 1. The number of hydrogen-bond donors (Lipinski definition) is 0. The van der Waals surface area contributed by atoms with Gasteiger partial charge in [0.15, 0.2) is 0 Å². The van der Waals surface area contributed by atoms with E-state index in [1.54, 1.807) is 0 Å². The summed E-state index contributed by atoms with van der Waals surface area (Å²) in [5.41, 5.74) is 0.992. The van der Waals surface area contributed by atoms with Gasteiger partial charge in [-0.1, -0.05) is 40.5 Å². The minimum atomic E-state index is -0.286. The molecule has 0 N–H and O–H groups in total. The zero-order valence-corrected chi connectivity index (χ0v) is 12.1. The number of rotatable bonds is 3. The fraction of sp³-hybridized carbons (Fsp3) is 0.500. The van der Waals surface area contributed by atoms with Crippen LogP contribution in [0.25, 0.3) is 0 Å². The maximum absolute atomic E-state index is 12.1. The highest BCUT2D eigenvalue weighted by atomic mass is 79.9. The molecule has 0 aromatic heterocycles. The lowest BCUT2D eigenvalue weighted by atomic mass is 10.0. The van der Waals surface area contributed by atoms with Crippen molar-refractivity contribution in [3.8, 4) is 0 Å². The van der Waals surface area contributed by atoms with Crippen molar-refractivity contribution in [2.75, 3.05) is 20.2 Å². The van der Waals surface area contributed by atoms with E-state index in [0.29, 0.717) is 0 Å². The van der Waals surface area contributed by atoms with Crippen LogP contribution in [0, 0.1) is 0 Å². The minimum absolute atomic E-state index is 0.177. The first-order valence-electron chi connectivity index (χ1n) is 6.30. The second-order valence-corrected chi connectivity index (χ2v) is 5.40. The third-order valence-corrected chi connectivity index (χ3v) is 4.10. The van der Waals surface area contributed by atoms with Crippen LogP contribution in [0.4, 0.5) is 0 Å². The molecule has 3 nitrogen and oxygen atoms in total. The van der Waals surface area contributed by atoms with Crippen molar-refractivity contribution in [3.63, 3.8) is 0 Å². The molecule has 1 atom stereocenters. The number of hydrogen-bond acceptors (Lipinski definition) is 3. The third kappa shape index (κ3) is 2.93. The van der Waals surface area contributed by atoms with Gasteiger partial charge in [-0.3, -0.25) is 4.90 Å². The number of halogens is 1. The van der Waals surface area contributed by atoms with Crippen LogP contribution in [-0.4, -0.2) is 31.1 Å². The number of esters is 1. The maximum Gasteiger partial charge on any atom is 0.327 e. The van der Waals surface area contributed by atoms with E-state index in [1.807, 2.05) is 24.3 Å². The Morgan fingerprint density at radius 1 is 1.28 bits per heavy atom. The first-order chi connectivity index (χ1) is 8.74. The van der Waals surface area contributed by atoms with Gasteiger partial charge in [-0.25, -0.2) is 4.79 Å². The highest BCUT2D eigenvalue weighted by molar-refractivity contribution is 9.10. The van der Waals surface area contributed by atoms with Gasteiger partial charge in [0.05, 0.1) is 7.11 Å². The Labute approximate surface area is 116 Å². The van der Waals surface area contributed by atoms with Crippen molar-refractivity contribution in [2.24, 2.45) is 0 Å². The molecule has 1 aromatic carbocycles. The zero-order valence-electron chi connectivity index (χ0n) is 10.6. The zero-order chi connectivity index (χ0) is 13.0. The molecule has 1 aromatic rings. The van der Waals surface area contributed by atoms with E-state index in [4.69, 9.17) is 4.74 Å². The van der Waals surface area contributed by atoms with Crippen LogP contribution in [0.1, 0.15) is 30.9 Å². The standard InChI is InChI=1S/C14H18BrNO2/c1-18-14(17)13(16-9-5-2-6-10-16)11-7-3-4-8-12(11)15/h3-4,7-8,13H,2,5-6,9-10H2,1H3. The lowest BCUT2D eigenvalue weighted by Crippen LogP contribution is -2.38.